The van der Waals surface area contributed by atoms with Gasteiger partial charge in [0.1, 0.15) is 5.75 Å². The second-order valence-electron chi connectivity index (χ2n) is 6.60. The second-order valence-corrected chi connectivity index (χ2v) is 6.60. The zero-order valence-corrected chi connectivity index (χ0v) is 15.8. The third-order valence-electron chi connectivity index (χ3n) is 4.53. The van der Waals surface area contributed by atoms with Gasteiger partial charge in [-0.3, -0.25) is 14.4 Å². The number of hydrogen-bond donors (Lipinski definition) is 1. The first kappa shape index (κ1) is 19.4. The van der Waals surface area contributed by atoms with Crippen molar-refractivity contribution >= 4 is 29.2 Å². The van der Waals surface area contributed by atoms with Gasteiger partial charge in [0.2, 0.25) is 5.91 Å². The minimum absolute atomic E-state index is 0.0703. The van der Waals surface area contributed by atoms with E-state index in [4.69, 9.17) is 9.47 Å². The number of nitrogens with zero attached hydrogens (tertiary/aromatic N) is 1. The Balaban J connectivity index is 1.53. The van der Waals surface area contributed by atoms with E-state index >= 15 is 0 Å². The van der Waals surface area contributed by atoms with Crippen molar-refractivity contribution in [3.8, 4) is 5.75 Å². The molecule has 0 saturated carbocycles. The first-order chi connectivity index (χ1) is 13.5. The smallest absolute Gasteiger partial charge is 0.311 e. The number of hydrogen-bond acceptors (Lipinski definition) is 5. The lowest BCUT2D eigenvalue weighted by Gasteiger charge is -2.16. The predicted molar refractivity (Wildman–Crippen MR) is 104 cm³/mol. The minimum Gasteiger partial charge on any atom is -0.495 e. The summed E-state index contributed by atoms with van der Waals surface area (Å²) in [6, 6.07) is 14.5. The van der Waals surface area contributed by atoms with Crippen molar-refractivity contribution in [2.45, 2.75) is 13.3 Å². The molecule has 2 aromatic rings. The maximum Gasteiger partial charge on any atom is 0.311 e. The summed E-state index contributed by atoms with van der Waals surface area (Å²) in [6.07, 6.45) is 0.0703. The van der Waals surface area contributed by atoms with E-state index in [0.717, 1.165) is 11.3 Å². The number of amides is 2. The predicted octanol–water partition coefficient (Wildman–Crippen LogP) is 2.54. The van der Waals surface area contributed by atoms with Gasteiger partial charge in [-0.05, 0) is 31.2 Å². The molecule has 1 heterocycles. The van der Waals surface area contributed by atoms with Crippen LogP contribution >= 0.6 is 0 Å². The summed E-state index contributed by atoms with van der Waals surface area (Å²) in [5.74, 6) is -1.25. The van der Waals surface area contributed by atoms with Gasteiger partial charge in [-0.1, -0.05) is 29.8 Å². The van der Waals surface area contributed by atoms with E-state index in [2.05, 4.69) is 5.32 Å². The Morgan fingerprint density at radius 2 is 1.86 bits per heavy atom. The van der Waals surface area contributed by atoms with Gasteiger partial charge in [0.25, 0.3) is 5.91 Å². The van der Waals surface area contributed by atoms with Crippen molar-refractivity contribution in [1.29, 1.82) is 0 Å². The molecule has 0 bridgehead atoms. The Bertz CT molecular complexity index is 879. The Hall–Kier alpha value is -3.35. The number of nitrogens with one attached hydrogen (secondary N) is 1. The van der Waals surface area contributed by atoms with E-state index in [1.54, 1.807) is 29.2 Å². The van der Waals surface area contributed by atoms with Crippen LogP contribution < -0.4 is 15.0 Å². The van der Waals surface area contributed by atoms with Crippen molar-refractivity contribution in [1.82, 2.24) is 0 Å². The molecule has 1 fully saturated rings. The highest BCUT2D eigenvalue weighted by Crippen LogP contribution is 2.26. The number of ether oxygens (including phenoxy) is 2. The molecule has 2 aromatic carbocycles. The molecule has 0 unspecified atom stereocenters. The van der Waals surface area contributed by atoms with Gasteiger partial charge in [0, 0.05) is 18.7 Å². The van der Waals surface area contributed by atoms with E-state index < -0.39 is 24.4 Å². The molecule has 1 saturated heterocycles. The molecule has 2 amide bonds. The van der Waals surface area contributed by atoms with Crippen LogP contribution in [-0.2, 0) is 19.1 Å². The fourth-order valence-electron chi connectivity index (χ4n) is 3.03. The van der Waals surface area contributed by atoms with Crippen molar-refractivity contribution in [3.05, 3.63) is 54.1 Å². The van der Waals surface area contributed by atoms with Crippen LogP contribution in [-0.4, -0.2) is 38.0 Å². The number of esters is 1. The van der Waals surface area contributed by atoms with Gasteiger partial charge in [-0.2, -0.15) is 0 Å². The largest absolute Gasteiger partial charge is 0.495 e. The van der Waals surface area contributed by atoms with Gasteiger partial charge in [0.15, 0.2) is 6.61 Å². The first-order valence-corrected chi connectivity index (χ1v) is 8.94. The Morgan fingerprint density at radius 1 is 1.14 bits per heavy atom. The van der Waals surface area contributed by atoms with E-state index in [-0.39, 0.29) is 18.9 Å². The molecule has 0 spiro atoms. The van der Waals surface area contributed by atoms with E-state index in [9.17, 15) is 14.4 Å². The van der Waals surface area contributed by atoms with Gasteiger partial charge < -0.3 is 19.7 Å². The van der Waals surface area contributed by atoms with Crippen LogP contribution in [0.25, 0.3) is 0 Å². The quantitative estimate of drug-likeness (QED) is 0.776. The molecular formula is C21H22N2O5. The van der Waals surface area contributed by atoms with E-state index in [0.29, 0.717) is 11.4 Å². The molecule has 1 atom stereocenters. The van der Waals surface area contributed by atoms with Crippen molar-refractivity contribution in [2.75, 3.05) is 30.5 Å². The van der Waals surface area contributed by atoms with Crippen LogP contribution in [0.4, 0.5) is 11.4 Å². The maximum atomic E-state index is 12.3. The van der Waals surface area contributed by atoms with Crippen LogP contribution in [0, 0.1) is 12.8 Å². The van der Waals surface area contributed by atoms with Crippen LogP contribution in [0.3, 0.4) is 0 Å². The first-order valence-electron chi connectivity index (χ1n) is 8.94. The maximum absolute atomic E-state index is 12.3. The molecule has 146 valence electrons. The lowest BCUT2D eigenvalue weighted by atomic mass is 10.1. The van der Waals surface area contributed by atoms with Crippen molar-refractivity contribution < 1.29 is 23.9 Å². The molecule has 28 heavy (non-hydrogen) atoms. The third kappa shape index (κ3) is 4.49. The summed E-state index contributed by atoms with van der Waals surface area (Å²) in [4.78, 5) is 38.2. The number of benzene rings is 2. The summed E-state index contributed by atoms with van der Waals surface area (Å²) >= 11 is 0. The van der Waals surface area contributed by atoms with Crippen LogP contribution in [0.5, 0.6) is 5.75 Å². The zero-order chi connectivity index (χ0) is 20.1. The van der Waals surface area contributed by atoms with Gasteiger partial charge in [-0.25, -0.2) is 0 Å². The van der Waals surface area contributed by atoms with Crippen LogP contribution in [0.15, 0.2) is 48.5 Å². The van der Waals surface area contributed by atoms with Gasteiger partial charge >= 0.3 is 5.97 Å². The van der Waals surface area contributed by atoms with E-state index in [1.807, 2.05) is 31.2 Å². The number of methoxy groups -OCH3 is 1. The molecule has 0 radical (unpaired) electrons. The number of carbonyl (C=O) groups is 3. The van der Waals surface area contributed by atoms with Crippen molar-refractivity contribution in [3.63, 3.8) is 0 Å². The van der Waals surface area contributed by atoms with Gasteiger partial charge in [-0.15, -0.1) is 0 Å². The second kappa shape index (κ2) is 8.56. The summed E-state index contributed by atoms with van der Waals surface area (Å²) in [5, 5.41) is 2.64. The SMILES string of the molecule is COc1ccccc1NC(=O)COC(=O)[C@H]1CC(=O)N(c2ccc(C)cc2)C1. The lowest BCUT2D eigenvalue weighted by molar-refractivity contribution is -0.151. The standard InChI is InChI=1S/C21H22N2O5/c1-14-7-9-16(10-8-14)23-12-15(11-20(23)25)21(26)28-13-19(24)22-17-5-3-4-6-18(17)27-2/h3-10,15H,11-13H2,1-2H3,(H,22,24)/t15-/m0/s1. The topological polar surface area (TPSA) is 84.9 Å². The fraction of sp³-hybridized carbons (Fsp3) is 0.286. The molecule has 7 heteroatoms. The number of rotatable bonds is 6. The molecule has 0 aliphatic carbocycles. The van der Waals surface area contributed by atoms with E-state index in [1.165, 1.54) is 7.11 Å². The third-order valence-corrected chi connectivity index (χ3v) is 4.53. The zero-order valence-electron chi connectivity index (χ0n) is 15.8. The normalized spacial score (nSPS) is 16.0. The van der Waals surface area contributed by atoms with Crippen LogP contribution in [0.1, 0.15) is 12.0 Å². The average Bonchev–Trinajstić information content (AvgIpc) is 3.09. The summed E-state index contributed by atoms with van der Waals surface area (Å²) in [6.45, 7) is 1.78. The summed E-state index contributed by atoms with van der Waals surface area (Å²) in [5.41, 5.74) is 2.33. The monoisotopic (exact) mass is 382 g/mol. The highest BCUT2D eigenvalue weighted by molar-refractivity contribution is 6.00. The summed E-state index contributed by atoms with van der Waals surface area (Å²) < 4.78 is 10.3. The molecule has 1 aliphatic rings. The number of anilines is 2. The van der Waals surface area contributed by atoms with Crippen molar-refractivity contribution in [2.24, 2.45) is 5.92 Å². The van der Waals surface area contributed by atoms with Crippen LogP contribution in [0.2, 0.25) is 0 Å². The fourth-order valence-corrected chi connectivity index (χ4v) is 3.03. The lowest BCUT2D eigenvalue weighted by Crippen LogP contribution is -2.28. The summed E-state index contributed by atoms with van der Waals surface area (Å²) in [7, 11) is 1.50. The highest BCUT2D eigenvalue weighted by atomic mass is 16.5. The molecule has 0 aromatic heterocycles. The Kier molecular flexibility index (Phi) is 5.93. The molecular weight excluding hydrogens is 360 g/mol. The Labute approximate surface area is 163 Å². The highest BCUT2D eigenvalue weighted by Gasteiger charge is 2.36. The average molecular weight is 382 g/mol. The number of aryl methyl sites for hydroxylation is 1. The molecule has 3 rings (SSSR count). The Morgan fingerprint density at radius 3 is 2.57 bits per heavy atom. The molecule has 1 N–H and O–H groups in total. The van der Waals surface area contributed by atoms with Gasteiger partial charge in [0.05, 0.1) is 18.7 Å². The molecule has 1 aliphatic heterocycles. The minimum atomic E-state index is -0.590. The number of para-hydroxylation sites is 2. The number of carbonyl (C=O) groups excluding carboxylic acids is 3. The molecule has 7 nitrogen and oxygen atoms in total.